The van der Waals surface area contributed by atoms with E-state index in [0.717, 1.165) is 31.0 Å². The van der Waals surface area contributed by atoms with Gasteiger partial charge in [0.25, 0.3) is 0 Å². The van der Waals surface area contributed by atoms with Gasteiger partial charge >= 0.3 is 0 Å². The molecule has 2 rings (SSSR count). The van der Waals surface area contributed by atoms with E-state index in [1.165, 1.54) is 12.1 Å². The number of nitrogens with one attached hydrogen (secondary N) is 1. The van der Waals surface area contributed by atoms with Gasteiger partial charge in [-0.05, 0) is 44.2 Å². The highest BCUT2D eigenvalue weighted by Crippen LogP contribution is 2.07. The largest absolute Gasteiger partial charge is 0.344 e. The first kappa shape index (κ1) is 12.8. The van der Waals surface area contributed by atoms with E-state index in [1.54, 1.807) is 0 Å². The van der Waals surface area contributed by atoms with Gasteiger partial charge in [0, 0.05) is 24.1 Å². The van der Waals surface area contributed by atoms with Crippen LogP contribution >= 0.6 is 0 Å². The maximum atomic E-state index is 4.54. The molecule has 2 aromatic heterocycles. The molecule has 1 N–H and O–H groups in total. The van der Waals surface area contributed by atoms with Crippen LogP contribution in [0.5, 0.6) is 0 Å². The third-order valence-electron chi connectivity index (χ3n) is 2.93. The first-order valence-corrected chi connectivity index (χ1v) is 6.57. The molecule has 0 unspecified atom stereocenters. The van der Waals surface area contributed by atoms with E-state index < -0.39 is 0 Å². The summed E-state index contributed by atoms with van der Waals surface area (Å²) >= 11 is 0. The van der Waals surface area contributed by atoms with Gasteiger partial charge in [0.1, 0.15) is 0 Å². The maximum absolute atomic E-state index is 4.54. The Labute approximate surface area is 109 Å². The van der Waals surface area contributed by atoms with E-state index in [2.05, 4.69) is 52.3 Å². The lowest BCUT2D eigenvalue weighted by Gasteiger charge is -2.10. The van der Waals surface area contributed by atoms with Crippen molar-refractivity contribution in [1.29, 1.82) is 0 Å². The van der Waals surface area contributed by atoms with E-state index in [0.29, 0.717) is 0 Å². The van der Waals surface area contributed by atoms with Gasteiger partial charge in [-0.15, -0.1) is 0 Å². The van der Waals surface area contributed by atoms with Crippen LogP contribution in [0.25, 0.3) is 0 Å². The highest BCUT2D eigenvalue weighted by molar-refractivity contribution is 5.14. The van der Waals surface area contributed by atoms with Crippen LogP contribution in [-0.4, -0.2) is 16.1 Å². The van der Waals surface area contributed by atoms with Crippen LogP contribution in [0, 0.1) is 6.92 Å². The van der Waals surface area contributed by atoms with Crippen LogP contribution in [0.15, 0.2) is 36.5 Å². The van der Waals surface area contributed by atoms with Gasteiger partial charge < -0.3 is 9.88 Å². The summed E-state index contributed by atoms with van der Waals surface area (Å²) in [5.41, 5.74) is 3.50. The maximum Gasteiger partial charge on any atom is 0.0645 e. The van der Waals surface area contributed by atoms with Gasteiger partial charge in [-0.2, -0.15) is 0 Å². The molecule has 96 valence electrons. The molecule has 0 radical (unpaired) electrons. The first-order chi connectivity index (χ1) is 8.79. The average molecular weight is 243 g/mol. The van der Waals surface area contributed by atoms with Crippen LogP contribution in [0.4, 0.5) is 0 Å². The van der Waals surface area contributed by atoms with Crippen LogP contribution in [0.3, 0.4) is 0 Å². The van der Waals surface area contributed by atoms with Gasteiger partial charge in [-0.3, -0.25) is 4.98 Å². The Bertz CT molecular complexity index is 488. The number of aromatic nitrogens is 2. The molecule has 0 spiro atoms. The van der Waals surface area contributed by atoms with Gasteiger partial charge in [-0.25, -0.2) is 0 Å². The number of nitrogens with zero attached hydrogens (tertiary/aromatic N) is 2. The fourth-order valence-electron chi connectivity index (χ4n) is 2.02. The SMILES string of the molecule is CCCNCc1cccn1Cc1cccc(C)n1. The lowest BCUT2D eigenvalue weighted by atomic mass is 10.3. The Kier molecular flexibility index (Phi) is 4.53. The van der Waals surface area contributed by atoms with Crippen molar-refractivity contribution in [1.82, 2.24) is 14.9 Å². The number of rotatable bonds is 6. The molecule has 0 atom stereocenters. The van der Waals surface area contributed by atoms with Crippen molar-refractivity contribution in [2.75, 3.05) is 6.54 Å². The molecule has 0 amide bonds. The molecule has 18 heavy (non-hydrogen) atoms. The molecule has 0 fully saturated rings. The molecule has 2 heterocycles. The predicted octanol–water partition coefficient (Wildman–Crippen LogP) is 2.74. The molecular formula is C15H21N3. The lowest BCUT2D eigenvalue weighted by molar-refractivity contribution is 0.626. The topological polar surface area (TPSA) is 29.9 Å². The third kappa shape index (κ3) is 3.44. The third-order valence-corrected chi connectivity index (χ3v) is 2.93. The Morgan fingerprint density at radius 3 is 2.89 bits per heavy atom. The summed E-state index contributed by atoms with van der Waals surface area (Å²) in [6.07, 6.45) is 3.28. The summed E-state index contributed by atoms with van der Waals surface area (Å²) in [7, 11) is 0. The van der Waals surface area contributed by atoms with Crippen molar-refractivity contribution < 1.29 is 0 Å². The molecule has 0 aliphatic carbocycles. The second-order valence-corrected chi connectivity index (χ2v) is 4.57. The number of hydrogen-bond donors (Lipinski definition) is 1. The van der Waals surface area contributed by atoms with Crippen molar-refractivity contribution >= 4 is 0 Å². The zero-order chi connectivity index (χ0) is 12.8. The van der Waals surface area contributed by atoms with Crippen molar-refractivity contribution in [3.63, 3.8) is 0 Å². The van der Waals surface area contributed by atoms with Gasteiger partial charge in [0.15, 0.2) is 0 Å². The summed E-state index contributed by atoms with van der Waals surface area (Å²) in [4.78, 5) is 4.54. The summed E-state index contributed by atoms with van der Waals surface area (Å²) in [5, 5.41) is 3.43. The van der Waals surface area contributed by atoms with Crippen molar-refractivity contribution in [3.05, 3.63) is 53.6 Å². The second kappa shape index (κ2) is 6.36. The smallest absolute Gasteiger partial charge is 0.0645 e. The van der Waals surface area contributed by atoms with Crippen molar-refractivity contribution in [2.24, 2.45) is 0 Å². The Morgan fingerprint density at radius 1 is 1.22 bits per heavy atom. The first-order valence-electron chi connectivity index (χ1n) is 6.57. The molecule has 0 aliphatic rings. The van der Waals surface area contributed by atoms with Crippen LogP contribution < -0.4 is 5.32 Å². The number of pyridine rings is 1. The normalized spacial score (nSPS) is 10.8. The Hall–Kier alpha value is -1.61. The molecule has 0 aliphatic heterocycles. The average Bonchev–Trinajstić information content (AvgIpc) is 2.77. The number of aryl methyl sites for hydroxylation is 1. The van der Waals surface area contributed by atoms with Crippen LogP contribution in [0.1, 0.15) is 30.4 Å². The summed E-state index contributed by atoms with van der Waals surface area (Å²) in [6.45, 7) is 7.05. The summed E-state index contributed by atoms with van der Waals surface area (Å²) in [6, 6.07) is 10.4. The monoisotopic (exact) mass is 243 g/mol. The van der Waals surface area contributed by atoms with E-state index in [1.807, 2.05) is 13.0 Å². The fraction of sp³-hybridized carbons (Fsp3) is 0.400. The molecule has 2 aromatic rings. The standard InChI is InChI=1S/C15H21N3/c1-3-9-16-11-15-8-5-10-18(15)12-14-7-4-6-13(2)17-14/h4-8,10,16H,3,9,11-12H2,1-2H3. The number of hydrogen-bond acceptors (Lipinski definition) is 2. The van der Waals surface area contributed by atoms with Crippen molar-refractivity contribution in [2.45, 2.75) is 33.4 Å². The lowest BCUT2D eigenvalue weighted by Crippen LogP contribution is -2.17. The molecule has 3 nitrogen and oxygen atoms in total. The van der Waals surface area contributed by atoms with E-state index in [-0.39, 0.29) is 0 Å². The Balaban J connectivity index is 2.03. The minimum Gasteiger partial charge on any atom is -0.344 e. The molecule has 3 heteroatoms. The molecular weight excluding hydrogens is 222 g/mol. The van der Waals surface area contributed by atoms with Crippen molar-refractivity contribution in [3.8, 4) is 0 Å². The second-order valence-electron chi connectivity index (χ2n) is 4.57. The van der Waals surface area contributed by atoms with E-state index >= 15 is 0 Å². The molecule has 0 aromatic carbocycles. The van der Waals surface area contributed by atoms with E-state index in [9.17, 15) is 0 Å². The fourth-order valence-corrected chi connectivity index (χ4v) is 2.02. The van der Waals surface area contributed by atoms with E-state index in [4.69, 9.17) is 0 Å². The predicted molar refractivity (Wildman–Crippen MR) is 74.5 cm³/mol. The highest BCUT2D eigenvalue weighted by atomic mass is 15.0. The quantitative estimate of drug-likeness (QED) is 0.791. The summed E-state index contributed by atoms with van der Waals surface area (Å²) in [5.74, 6) is 0. The minimum atomic E-state index is 0.845. The molecule has 0 saturated carbocycles. The van der Waals surface area contributed by atoms with Gasteiger partial charge in [0.05, 0.1) is 12.2 Å². The van der Waals surface area contributed by atoms with Gasteiger partial charge in [0.2, 0.25) is 0 Å². The summed E-state index contributed by atoms with van der Waals surface area (Å²) < 4.78 is 2.25. The molecule has 0 saturated heterocycles. The Morgan fingerprint density at radius 2 is 2.11 bits per heavy atom. The molecule has 0 bridgehead atoms. The zero-order valence-corrected chi connectivity index (χ0v) is 11.2. The van der Waals surface area contributed by atoms with Gasteiger partial charge in [-0.1, -0.05) is 13.0 Å². The minimum absolute atomic E-state index is 0.845. The van der Waals surface area contributed by atoms with Crippen LogP contribution in [-0.2, 0) is 13.1 Å². The highest BCUT2D eigenvalue weighted by Gasteiger charge is 2.02. The van der Waals surface area contributed by atoms with Crippen LogP contribution in [0.2, 0.25) is 0 Å². The zero-order valence-electron chi connectivity index (χ0n) is 11.2.